The normalized spacial score (nSPS) is 23.5. The van der Waals surface area contributed by atoms with Crippen LogP contribution in [-0.4, -0.2) is 21.3 Å². The van der Waals surface area contributed by atoms with Gasteiger partial charge in [0.05, 0.1) is 0 Å². The molecule has 0 unspecified atom stereocenters. The fourth-order valence-electron chi connectivity index (χ4n) is 1.92. The van der Waals surface area contributed by atoms with Crippen LogP contribution in [-0.2, 0) is 4.74 Å². The van der Waals surface area contributed by atoms with E-state index < -0.39 is 8.07 Å². The molecule has 1 aliphatic carbocycles. The summed E-state index contributed by atoms with van der Waals surface area (Å²) in [7, 11) is 0.479. The Kier molecular flexibility index (Phi) is 4.18. The molecule has 0 amide bonds. The molecule has 0 aromatic rings. The van der Waals surface area contributed by atoms with Gasteiger partial charge >= 0.3 is 0 Å². The van der Waals surface area contributed by atoms with Crippen LogP contribution in [0.1, 0.15) is 19.3 Å². The summed E-state index contributed by atoms with van der Waals surface area (Å²) in [6.07, 6.45) is 3.67. The summed E-state index contributed by atoms with van der Waals surface area (Å²) >= 11 is 0. The predicted octanol–water partition coefficient (Wildman–Crippen LogP) is 3.24. The first-order valence-corrected chi connectivity index (χ1v) is 9.17. The summed E-state index contributed by atoms with van der Waals surface area (Å²) in [4.78, 5) is 0. The van der Waals surface area contributed by atoms with Crippen molar-refractivity contribution in [3.63, 3.8) is 0 Å². The first-order valence-electron chi connectivity index (χ1n) is 5.67. The van der Waals surface area contributed by atoms with Crippen LogP contribution in [0.15, 0.2) is 12.2 Å². The molecule has 84 valence electrons. The number of rotatable bonds is 2. The van der Waals surface area contributed by atoms with E-state index in [1.807, 2.05) is 0 Å². The van der Waals surface area contributed by atoms with Crippen molar-refractivity contribution in [2.75, 3.05) is 7.11 Å². The third-order valence-corrected chi connectivity index (χ3v) is 3.64. The number of ether oxygens (including phenoxy) is 1. The average molecular weight is 222 g/mol. The summed E-state index contributed by atoms with van der Waals surface area (Å²) in [6.45, 7) is 10.9. The Morgan fingerprint density at radius 3 is 2.53 bits per heavy atom. The smallest absolute Gasteiger partial charge is 0.129 e. The highest BCUT2D eigenvalue weighted by Gasteiger charge is 2.26. The molecule has 0 spiro atoms. The number of hydrogen-bond donors (Lipinski definition) is 0. The van der Waals surface area contributed by atoms with Gasteiger partial charge in [-0.05, 0) is 19.3 Å². The molecule has 1 nitrogen and oxygen atoms in total. The summed E-state index contributed by atoms with van der Waals surface area (Å²) in [5.74, 6) is 3.78. The van der Waals surface area contributed by atoms with E-state index in [1.54, 1.807) is 7.11 Å². The molecule has 1 saturated carbocycles. The zero-order chi connectivity index (χ0) is 11.5. The summed E-state index contributed by atoms with van der Waals surface area (Å²) in [5, 5.41) is 0. The van der Waals surface area contributed by atoms with Gasteiger partial charge < -0.3 is 4.74 Å². The highest BCUT2D eigenvalue weighted by atomic mass is 28.3. The summed E-state index contributed by atoms with van der Waals surface area (Å²) in [5.41, 5.74) is 4.72. The molecule has 1 aliphatic rings. The monoisotopic (exact) mass is 222 g/mol. The predicted molar refractivity (Wildman–Crippen MR) is 68.4 cm³/mol. The van der Waals surface area contributed by atoms with E-state index >= 15 is 0 Å². The van der Waals surface area contributed by atoms with Gasteiger partial charge in [0, 0.05) is 13.0 Å². The SMILES string of the molecule is C=C1CCC[C@H]1[C@H](C#C[Si](C)(C)C)OC. The second-order valence-corrected chi connectivity index (χ2v) is 10.1. The van der Waals surface area contributed by atoms with Gasteiger partial charge in [-0.2, -0.15) is 0 Å². The van der Waals surface area contributed by atoms with Crippen molar-refractivity contribution in [2.45, 2.75) is 45.0 Å². The molecule has 0 heterocycles. The van der Waals surface area contributed by atoms with Crippen LogP contribution < -0.4 is 0 Å². The first-order chi connectivity index (χ1) is 6.94. The van der Waals surface area contributed by atoms with Crippen LogP contribution in [0, 0.1) is 17.4 Å². The van der Waals surface area contributed by atoms with E-state index in [1.165, 1.54) is 18.4 Å². The van der Waals surface area contributed by atoms with Crippen molar-refractivity contribution in [2.24, 2.45) is 5.92 Å². The summed E-state index contributed by atoms with van der Waals surface area (Å²) in [6, 6.07) is 0. The maximum absolute atomic E-state index is 5.49. The first kappa shape index (κ1) is 12.5. The van der Waals surface area contributed by atoms with Crippen molar-refractivity contribution in [1.29, 1.82) is 0 Å². The maximum Gasteiger partial charge on any atom is 0.129 e. The Morgan fingerprint density at radius 2 is 2.13 bits per heavy atom. The Hall–Kier alpha value is -0.523. The second kappa shape index (κ2) is 5.00. The zero-order valence-corrected chi connectivity index (χ0v) is 11.4. The van der Waals surface area contributed by atoms with Crippen molar-refractivity contribution in [3.8, 4) is 11.5 Å². The third kappa shape index (κ3) is 3.85. The molecule has 0 aromatic heterocycles. The average Bonchev–Trinajstić information content (AvgIpc) is 2.52. The fourth-order valence-corrected chi connectivity index (χ4v) is 2.49. The maximum atomic E-state index is 5.49. The van der Waals surface area contributed by atoms with Crippen molar-refractivity contribution in [1.82, 2.24) is 0 Å². The molecule has 0 radical (unpaired) electrons. The summed E-state index contributed by atoms with van der Waals surface area (Å²) < 4.78 is 5.49. The number of methoxy groups -OCH3 is 1. The zero-order valence-electron chi connectivity index (χ0n) is 10.4. The van der Waals surface area contributed by atoms with Crippen LogP contribution in [0.5, 0.6) is 0 Å². The van der Waals surface area contributed by atoms with Gasteiger partial charge in [0.25, 0.3) is 0 Å². The van der Waals surface area contributed by atoms with E-state index in [4.69, 9.17) is 4.74 Å². The molecule has 2 atom stereocenters. The lowest BCUT2D eigenvalue weighted by Crippen LogP contribution is -2.23. The molecular formula is C13H22OSi. The Bertz CT molecular complexity index is 290. The van der Waals surface area contributed by atoms with E-state index in [0.29, 0.717) is 5.92 Å². The van der Waals surface area contributed by atoms with Gasteiger partial charge in [0.2, 0.25) is 0 Å². The number of hydrogen-bond acceptors (Lipinski definition) is 1. The lowest BCUT2D eigenvalue weighted by Gasteiger charge is -2.18. The van der Waals surface area contributed by atoms with Crippen LogP contribution in [0.2, 0.25) is 19.6 Å². The molecule has 0 bridgehead atoms. The quantitative estimate of drug-likeness (QED) is 0.396. The molecule has 1 rings (SSSR count). The van der Waals surface area contributed by atoms with Crippen LogP contribution in [0.4, 0.5) is 0 Å². The van der Waals surface area contributed by atoms with Crippen molar-refractivity contribution >= 4 is 8.07 Å². The minimum atomic E-state index is -1.28. The molecule has 0 saturated heterocycles. The molecule has 1 fully saturated rings. The second-order valence-electron chi connectivity index (χ2n) is 5.33. The molecule has 0 aromatic carbocycles. The molecule has 0 aliphatic heterocycles. The van der Waals surface area contributed by atoms with Gasteiger partial charge in [0.1, 0.15) is 14.2 Å². The van der Waals surface area contributed by atoms with E-state index in [2.05, 4.69) is 37.7 Å². The van der Waals surface area contributed by atoms with E-state index in [9.17, 15) is 0 Å². The van der Waals surface area contributed by atoms with Gasteiger partial charge in [0.15, 0.2) is 0 Å². The molecule has 0 N–H and O–H groups in total. The highest BCUT2D eigenvalue weighted by molar-refractivity contribution is 6.83. The third-order valence-electron chi connectivity index (χ3n) is 2.75. The largest absolute Gasteiger partial charge is 0.368 e. The Balaban J connectivity index is 2.70. The highest BCUT2D eigenvalue weighted by Crippen LogP contribution is 2.33. The van der Waals surface area contributed by atoms with Gasteiger partial charge in [-0.3, -0.25) is 0 Å². The lowest BCUT2D eigenvalue weighted by molar-refractivity contribution is 0.112. The van der Waals surface area contributed by atoms with Gasteiger partial charge in [-0.1, -0.05) is 37.7 Å². The fraction of sp³-hybridized carbons (Fsp3) is 0.692. The van der Waals surface area contributed by atoms with E-state index in [0.717, 1.165) is 6.42 Å². The van der Waals surface area contributed by atoms with Gasteiger partial charge in [-0.15, -0.1) is 5.54 Å². The minimum absolute atomic E-state index is 0.0757. The topological polar surface area (TPSA) is 9.23 Å². The standard InChI is InChI=1S/C13H22OSi/c1-11-7-6-8-12(11)13(14-2)9-10-15(3,4)5/h12-13H,1,6-8H2,2-5H3/t12-,13+/m1/s1. The minimum Gasteiger partial charge on any atom is -0.368 e. The van der Waals surface area contributed by atoms with E-state index in [-0.39, 0.29) is 6.10 Å². The Morgan fingerprint density at radius 1 is 1.47 bits per heavy atom. The molecule has 2 heteroatoms. The van der Waals surface area contributed by atoms with Crippen LogP contribution >= 0.6 is 0 Å². The molecule has 15 heavy (non-hydrogen) atoms. The van der Waals surface area contributed by atoms with Crippen molar-refractivity contribution in [3.05, 3.63) is 12.2 Å². The van der Waals surface area contributed by atoms with Crippen LogP contribution in [0.25, 0.3) is 0 Å². The lowest BCUT2D eigenvalue weighted by atomic mass is 9.98. The van der Waals surface area contributed by atoms with Crippen LogP contribution in [0.3, 0.4) is 0 Å². The van der Waals surface area contributed by atoms with Crippen molar-refractivity contribution < 1.29 is 4.74 Å². The van der Waals surface area contributed by atoms with Gasteiger partial charge in [-0.25, -0.2) is 0 Å². The molecular weight excluding hydrogens is 200 g/mol. The Labute approximate surface area is 94.9 Å².